The fourth-order valence-electron chi connectivity index (χ4n) is 5.76. The number of benzene rings is 3. The molecule has 0 bridgehead atoms. The molecule has 2 amide bonds. The lowest BCUT2D eigenvalue weighted by molar-refractivity contribution is -0.275. The summed E-state index contributed by atoms with van der Waals surface area (Å²) in [5, 5.41) is 15.3. The number of carbonyl (C=O) groups excluding carboxylic acids is 2. The number of hydrogen-bond acceptors (Lipinski definition) is 6. The molecule has 0 aliphatic carbocycles. The van der Waals surface area contributed by atoms with Crippen LogP contribution in [0.4, 0.5) is 0 Å². The maximum Gasteiger partial charge on any atom is 0.220 e. The van der Waals surface area contributed by atoms with E-state index in [1.54, 1.807) is 0 Å². The van der Waals surface area contributed by atoms with Crippen molar-refractivity contribution in [2.75, 3.05) is 26.7 Å². The number of rotatable bonds is 16. The number of nitrogens with one attached hydrogen (secondary N) is 2. The van der Waals surface area contributed by atoms with E-state index in [2.05, 4.69) is 72.5 Å². The zero-order valence-electron chi connectivity index (χ0n) is 27.4. The Labute approximate surface area is 273 Å². The molecule has 3 aromatic carbocycles. The highest BCUT2D eigenvalue weighted by Gasteiger charge is 2.38. The van der Waals surface area contributed by atoms with Gasteiger partial charge >= 0.3 is 0 Å². The van der Waals surface area contributed by atoms with Crippen LogP contribution < -0.4 is 10.6 Å². The second kappa shape index (κ2) is 17.8. The summed E-state index contributed by atoms with van der Waals surface area (Å²) in [7, 11) is 2.07. The summed E-state index contributed by atoms with van der Waals surface area (Å²) >= 11 is 0. The van der Waals surface area contributed by atoms with Gasteiger partial charge in [-0.2, -0.15) is 0 Å². The number of amides is 2. The molecule has 1 aliphatic heterocycles. The maximum atomic E-state index is 12.4. The van der Waals surface area contributed by atoms with Gasteiger partial charge in [0.05, 0.1) is 18.8 Å². The average Bonchev–Trinajstić information content (AvgIpc) is 3.06. The Hall–Kier alpha value is -3.82. The van der Waals surface area contributed by atoms with Crippen LogP contribution in [0.1, 0.15) is 74.2 Å². The van der Waals surface area contributed by atoms with Crippen LogP contribution in [0.5, 0.6) is 0 Å². The quantitative estimate of drug-likeness (QED) is 0.132. The molecular weight excluding hydrogens is 578 g/mol. The number of likely N-dealkylation sites (N-methyl/N-ethyl adjacent to an activating group) is 1. The Kier molecular flexibility index (Phi) is 13.5. The van der Waals surface area contributed by atoms with E-state index in [-0.39, 0.29) is 36.5 Å². The SMILES string of the molecule is C=CCN(C)CC1OC(c2ccc(-c3cccc(CNC(=O)CCCCCNC(C)=O)c3)cc2)OC(c2ccc(CO)cc2)C1C. The molecule has 8 nitrogen and oxygen atoms in total. The molecule has 0 aromatic heterocycles. The highest BCUT2D eigenvalue weighted by atomic mass is 16.7. The zero-order valence-corrected chi connectivity index (χ0v) is 27.4. The number of unbranched alkanes of at least 4 members (excludes halogenated alkanes) is 2. The minimum atomic E-state index is -0.526. The van der Waals surface area contributed by atoms with Gasteiger partial charge in [-0.05, 0) is 53.8 Å². The molecule has 46 heavy (non-hydrogen) atoms. The number of hydrogen-bond donors (Lipinski definition) is 3. The lowest BCUT2D eigenvalue weighted by atomic mass is 9.90. The van der Waals surface area contributed by atoms with Gasteiger partial charge < -0.3 is 30.1 Å². The first-order chi connectivity index (χ1) is 22.3. The summed E-state index contributed by atoms with van der Waals surface area (Å²) in [6, 6.07) is 24.5. The molecular formula is C38H49N3O5. The molecule has 0 spiro atoms. The molecule has 4 rings (SSSR count). The molecule has 4 atom stereocenters. The van der Waals surface area contributed by atoms with Crippen molar-refractivity contribution < 1.29 is 24.2 Å². The summed E-state index contributed by atoms with van der Waals surface area (Å²) in [6.45, 7) is 10.2. The zero-order chi connectivity index (χ0) is 32.9. The van der Waals surface area contributed by atoms with Crippen molar-refractivity contribution in [1.82, 2.24) is 15.5 Å². The first kappa shape index (κ1) is 35.0. The van der Waals surface area contributed by atoms with Gasteiger partial charge in [-0.25, -0.2) is 0 Å². The Morgan fingerprint density at radius 1 is 0.913 bits per heavy atom. The van der Waals surface area contributed by atoms with Crippen molar-refractivity contribution in [2.24, 2.45) is 5.92 Å². The molecule has 1 heterocycles. The fraction of sp³-hybridized carbons (Fsp3) is 0.421. The van der Waals surface area contributed by atoms with E-state index >= 15 is 0 Å². The van der Waals surface area contributed by atoms with Crippen LogP contribution in [0.3, 0.4) is 0 Å². The first-order valence-corrected chi connectivity index (χ1v) is 16.3. The summed E-state index contributed by atoms with van der Waals surface area (Å²) in [6.07, 6.45) is 4.21. The minimum absolute atomic E-state index is 0.00892. The molecule has 3 N–H and O–H groups in total. The second-order valence-corrected chi connectivity index (χ2v) is 12.2. The normalized spacial score (nSPS) is 19.5. The fourth-order valence-corrected chi connectivity index (χ4v) is 5.76. The van der Waals surface area contributed by atoms with E-state index < -0.39 is 6.29 Å². The van der Waals surface area contributed by atoms with Gasteiger partial charge in [-0.15, -0.1) is 6.58 Å². The lowest BCUT2D eigenvalue weighted by Crippen LogP contribution is -2.43. The Bertz CT molecular complexity index is 1410. The summed E-state index contributed by atoms with van der Waals surface area (Å²) in [5.74, 6) is 0.124. The third kappa shape index (κ3) is 10.4. The molecule has 4 unspecified atom stereocenters. The molecule has 1 saturated heterocycles. The standard InChI is InChI=1S/C38H49N3O5/c1-5-22-41(4)25-35-27(2)37(32-15-13-29(26-42)14-16-32)46-38(45-35)33-19-17-31(18-20-33)34-11-9-10-30(23-34)24-40-36(44)12-7-6-8-21-39-28(3)43/h5,9-11,13-20,23,27,35,37-38,42H,1,6-8,12,21-22,24-26H2,2-4H3,(H,39,43)(H,40,44). The largest absolute Gasteiger partial charge is 0.392 e. The van der Waals surface area contributed by atoms with Crippen LogP contribution >= 0.6 is 0 Å². The molecule has 1 fully saturated rings. The van der Waals surface area contributed by atoms with Crippen LogP contribution in [-0.4, -0.2) is 54.6 Å². The van der Waals surface area contributed by atoms with Gasteiger partial charge in [0.15, 0.2) is 6.29 Å². The van der Waals surface area contributed by atoms with Gasteiger partial charge in [0.2, 0.25) is 11.8 Å². The third-order valence-electron chi connectivity index (χ3n) is 8.44. The van der Waals surface area contributed by atoms with Crippen LogP contribution in [0.2, 0.25) is 0 Å². The molecule has 3 aromatic rings. The van der Waals surface area contributed by atoms with E-state index in [0.717, 1.165) is 65.7 Å². The number of aliphatic hydroxyl groups is 1. The summed E-state index contributed by atoms with van der Waals surface area (Å²) in [4.78, 5) is 25.5. The monoisotopic (exact) mass is 627 g/mol. The summed E-state index contributed by atoms with van der Waals surface area (Å²) < 4.78 is 13.2. The van der Waals surface area contributed by atoms with Crippen molar-refractivity contribution in [3.05, 3.63) is 108 Å². The van der Waals surface area contributed by atoms with Crippen molar-refractivity contribution >= 4 is 11.8 Å². The molecule has 246 valence electrons. The van der Waals surface area contributed by atoms with Crippen LogP contribution in [0.25, 0.3) is 11.1 Å². The summed E-state index contributed by atoms with van der Waals surface area (Å²) in [5.41, 5.74) is 6.06. The predicted molar refractivity (Wildman–Crippen MR) is 182 cm³/mol. The van der Waals surface area contributed by atoms with Gasteiger partial charge in [0, 0.05) is 51.0 Å². The van der Waals surface area contributed by atoms with Crippen molar-refractivity contribution in [1.29, 1.82) is 0 Å². The lowest BCUT2D eigenvalue weighted by Gasteiger charge is -2.42. The molecule has 0 radical (unpaired) electrons. The van der Waals surface area contributed by atoms with Crippen molar-refractivity contribution in [3.8, 4) is 11.1 Å². The number of aliphatic hydroxyl groups excluding tert-OH is 1. The Balaban J connectivity index is 1.39. The van der Waals surface area contributed by atoms with E-state index in [4.69, 9.17) is 9.47 Å². The van der Waals surface area contributed by atoms with Crippen LogP contribution in [0, 0.1) is 5.92 Å². The van der Waals surface area contributed by atoms with E-state index in [1.165, 1.54) is 6.92 Å². The van der Waals surface area contributed by atoms with E-state index in [9.17, 15) is 14.7 Å². The maximum absolute atomic E-state index is 12.4. The van der Waals surface area contributed by atoms with E-state index in [1.807, 2.05) is 42.5 Å². The highest BCUT2D eigenvalue weighted by molar-refractivity contribution is 5.76. The van der Waals surface area contributed by atoms with Crippen LogP contribution in [-0.2, 0) is 32.2 Å². The van der Waals surface area contributed by atoms with Crippen molar-refractivity contribution in [2.45, 2.75) is 71.2 Å². The van der Waals surface area contributed by atoms with Gasteiger partial charge in [0.25, 0.3) is 0 Å². The molecule has 1 aliphatic rings. The molecule has 0 saturated carbocycles. The van der Waals surface area contributed by atoms with Crippen molar-refractivity contribution in [3.63, 3.8) is 0 Å². The number of carbonyl (C=O) groups is 2. The average molecular weight is 628 g/mol. The highest BCUT2D eigenvalue weighted by Crippen LogP contribution is 2.42. The third-order valence-corrected chi connectivity index (χ3v) is 8.44. The van der Waals surface area contributed by atoms with Crippen LogP contribution in [0.15, 0.2) is 85.5 Å². The van der Waals surface area contributed by atoms with Gasteiger partial charge in [0.1, 0.15) is 0 Å². The molecule has 8 heteroatoms. The second-order valence-electron chi connectivity index (χ2n) is 12.2. The Morgan fingerprint density at radius 2 is 1.65 bits per heavy atom. The van der Waals surface area contributed by atoms with E-state index in [0.29, 0.717) is 19.5 Å². The topological polar surface area (TPSA) is 100 Å². The van der Waals surface area contributed by atoms with Gasteiger partial charge in [-0.1, -0.05) is 86.2 Å². The van der Waals surface area contributed by atoms with Gasteiger partial charge in [-0.3, -0.25) is 9.59 Å². The Morgan fingerprint density at radius 3 is 2.35 bits per heavy atom. The first-order valence-electron chi connectivity index (χ1n) is 16.3. The minimum Gasteiger partial charge on any atom is -0.392 e. The number of nitrogens with zero attached hydrogens (tertiary/aromatic N) is 1. The predicted octanol–water partition coefficient (Wildman–Crippen LogP) is 6.07. The smallest absolute Gasteiger partial charge is 0.220 e. The number of ether oxygens (including phenoxy) is 2.